The Morgan fingerprint density at radius 1 is 1.36 bits per heavy atom. The molecule has 25 heavy (non-hydrogen) atoms. The van der Waals surface area contributed by atoms with Crippen LogP contribution in [0.1, 0.15) is 0 Å². The van der Waals surface area contributed by atoms with Crippen LogP contribution < -0.4 is 20.5 Å². The first-order valence-corrected chi connectivity index (χ1v) is 8.58. The standard InChI is InChI=1S/C17H18N4O3S/c1-21-15(4-7-19-21)14-10-12(2-3-16(14)23-8-6-18)20-17(22)24-13-5-9-25-11-13/h2-5,7,9-11H,6,8,18H2,1H3,(H,20,22). The zero-order valence-corrected chi connectivity index (χ0v) is 14.5. The van der Waals surface area contributed by atoms with Crippen LogP contribution in [0.25, 0.3) is 11.3 Å². The lowest BCUT2D eigenvalue weighted by molar-refractivity contribution is 0.215. The summed E-state index contributed by atoms with van der Waals surface area (Å²) in [6.45, 7) is 0.815. The van der Waals surface area contributed by atoms with Crippen LogP contribution in [0, 0.1) is 0 Å². The number of benzene rings is 1. The molecule has 3 N–H and O–H groups in total. The molecule has 130 valence electrons. The molecule has 0 aliphatic heterocycles. The Hall–Kier alpha value is -2.84. The number of aryl methyl sites for hydroxylation is 1. The second kappa shape index (κ2) is 7.82. The molecule has 0 aliphatic carbocycles. The molecule has 8 heteroatoms. The van der Waals surface area contributed by atoms with Crippen LogP contribution in [-0.2, 0) is 7.05 Å². The molecule has 0 spiro atoms. The number of nitrogens with zero attached hydrogens (tertiary/aromatic N) is 2. The number of anilines is 1. The summed E-state index contributed by atoms with van der Waals surface area (Å²) in [6, 6.07) is 8.96. The second-order valence-electron chi connectivity index (χ2n) is 5.16. The smallest absolute Gasteiger partial charge is 0.417 e. The molecule has 1 aromatic carbocycles. The third kappa shape index (κ3) is 4.17. The molecule has 0 atom stereocenters. The summed E-state index contributed by atoms with van der Waals surface area (Å²) in [7, 11) is 1.84. The molecule has 0 saturated carbocycles. The number of ether oxygens (including phenoxy) is 2. The molecule has 0 radical (unpaired) electrons. The minimum atomic E-state index is -0.551. The van der Waals surface area contributed by atoms with Gasteiger partial charge in [0.25, 0.3) is 0 Å². The van der Waals surface area contributed by atoms with Crippen molar-refractivity contribution in [3.8, 4) is 22.8 Å². The Kier molecular flexibility index (Phi) is 5.32. The fourth-order valence-electron chi connectivity index (χ4n) is 2.30. The number of aromatic nitrogens is 2. The summed E-state index contributed by atoms with van der Waals surface area (Å²) in [5, 5.41) is 10.5. The summed E-state index contributed by atoms with van der Waals surface area (Å²) < 4.78 is 12.6. The molecule has 7 nitrogen and oxygen atoms in total. The SMILES string of the molecule is Cn1nccc1-c1cc(NC(=O)Oc2ccsc2)ccc1OCCN. The van der Waals surface area contributed by atoms with Gasteiger partial charge in [0, 0.05) is 36.4 Å². The van der Waals surface area contributed by atoms with E-state index in [1.165, 1.54) is 11.3 Å². The molecule has 0 unspecified atom stereocenters. The summed E-state index contributed by atoms with van der Waals surface area (Å²) in [5.41, 5.74) is 7.78. The minimum Gasteiger partial charge on any atom is -0.492 e. The van der Waals surface area contributed by atoms with Crippen molar-refractivity contribution < 1.29 is 14.3 Å². The van der Waals surface area contributed by atoms with E-state index in [1.807, 2.05) is 24.6 Å². The lowest BCUT2D eigenvalue weighted by atomic mass is 10.1. The molecule has 0 fully saturated rings. The number of amides is 1. The highest BCUT2D eigenvalue weighted by Crippen LogP contribution is 2.32. The predicted molar refractivity (Wildman–Crippen MR) is 97.2 cm³/mol. The first-order chi connectivity index (χ1) is 12.2. The number of thiophene rings is 1. The van der Waals surface area contributed by atoms with Crippen molar-refractivity contribution in [2.24, 2.45) is 12.8 Å². The van der Waals surface area contributed by atoms with Crippen LogP contribution in [-0.4, -0.2) is 29.0 Å². The van der Waals surface area contributed by atoms with E-state index in [9.17, 15) is 4.79 Å². The molecular formula is C17H18N4O3S. The van der Waals surface area contributed by atoms with Crippen molar-refractivity contribution in [1.29, 1.82) is 0 Å². The number of hydrogen-bond acceptors (Lipinski definition) is 6. The molecule has 1 amide bonds. The monoisotopic (exact) mass is 358 g/mol. The highest BCUT2D eigenvalue weighted by atomic mass is 32.1. The van der Waals surface area contributed by atoms with E-state index >= 15 is 0 Å². The van der Waals surface area contributed by atoms with Crippen molar-refractivity contribution in [3.05, 3.63) is 47.3 Å². The van der Waals surface area contributed by atoms with Gasteiger partial charge in [-0.2, -0.15) is 5.10 Å². The van der Waals surface area contributed by atoms with E-state index in [2.05, 4.69) is 10.4 Å². The van der Waals surface area contributed by atoms with Crippen molar-refractivity contribution >= 4 is 23.1 Å². The van der Waals surface area contributed by atoms with Crippen molar-refractivity contribution in [2.45, 2.75) is 0 Å². The maximum atomic E-state index is 12.0. The van der Waals surface area contributed by atoms with Crippen LogP contribution in [0.4, 0.5) is 10.5 Å². The Labute approximate surface area is 149 Å². The van der Waals surface area contributed by atoms with Gasteiger partial charge in [-0.15, -0.1) is 11.3 Å². The van der Waals surface area contributed by atoms with Crippen molar-refractivity contribution in [3.63, 3.8) is 0 Å². The van der Waals surface area contributed by atoms with E-state index in [0.717, 1.165) is 11.3 Å². The van der Waals surface area contributed by atoms with Crippen LogP contribution >= 0.6 is 11.3 Å². The number of carbonyl (C=O) groups excluding carboxylic acids is 1. The number of carbonyl (C=O) groups is 1. The van der Waals surface area contributed by atoms with Gasteiger partial charge in [-0.1, -0.05) is 0 Å². The predicted octanol–water partition coefficient (Wildman–Crippen LogP) is 3.10. The largest absolute Gasteiger partial charge is 0.492 e. The lowest BCUT2D eigenvalue weighted by Gasteiger charge is -2.13. The summed E-state index contributed by atoms with van der Waals surface area (Å²) in [6.07, 6.45) is 1.15. The van der Waals surface area contributed by atoms with Gasteiger partial charge >= 0.3 is 6.09 Å². The molecule has 0 saturated heterocycles. The van der Waals surface area contributed by atoms with Crippen molar-refractivity contribution in [1.82, 2.24) is 9.78 Å². The van der Waals surface area contributed by atoms with Crippen LogP contribution in [0.2, 0.25) is 0 Å². The molecule has 0 aliphatic rings. The van der Waals surface area contributed by atoms with E-state index in [0.29, 0.717) is 30.3 Å². The van der Waals surface area contributed by atoms with Gasteiger partial charge in [0.1, 0.15) is 18.1 Å². The molecular weight excluding hydrogens is 340 g/mol. The lowest BCUT2D eigenvalue weighted by Crippen LogP contribution is -2.16. The second-order valence-corrected chi connectivity index (χ2v) is 5.94. The van der Waals surface area contributed by atoms with Crippen LogP contribution in [0.5, 0.6) is 11.5 Å². The number of rotatable bonds is 6. The van der Waals surface area contributed by atoms with E-state index in [4.69, 9.17) is 15.2 Å². The normalized spacial score (nSPS) is 10.5. The van der Waals surface area contributed by atoms with E-state index in [-0.39, 0.29) is 0 Å². The molecule has 3 rings (SSSR count). The Morgan fingerprint density at radius 3 is 2.92 bits per heavy atom. The quantitative estimate of drug-likeness (QED) is 0.706. The zero-order chi connectivity index (χ0) is 17.6. The third-order valence-electron chi connectivity index (χ3n) is 3.40. The molecule has 2 aromatic heterocycles. The Morgan fingerprint density at radius 2 is 2.24 bits per heavy atom. The van der Waals surface area contributed by atoms with E-state index < -0.39 is 6.09 Å². The van der Waals surface area contributed by atoms with Gasteiger partial charge in [-0.25, -0.2) is 4.79 Å². The van der Waals surface area contributed by atoms with Gasteiger partial charge in [0.2, 0.25) is 0 Å². The maximum absolute atomic E-state index is 12.0. The Bertz CT molecular complexity index is 845. The van der Waals surface area contributed by atoms with Gasteiger partial charge in [0.05, 0.1) is 5.69 Å². The zero-order valence-electron chi connectivity index (χ0n) is 13.6. The van der Waals surface area contributed by atoms with Gasteiger partial charge < -0.3 is 15.2 Å². The van der Waals surface area contributed by atoms with E-state index in [1.54, 1.807) is 34.5 Å². The number of nitrogens with two attached hydrogens (primary N) is 1. The molecule has 0 bridgehead atoms. The first-order valence-electron chi connectivity index (χ1n) is 7.63. The summed E-state index contributed by atoms with van der Waals surface area (Å²) in [4.78, 5) is 12.0. The first kappa shape index (κ1) is 17.0. The van der Waals surface area contributed by atoms with Crippen molar-refractivity contribution in [2.75, 3.05) is 18.5 Å². The minimum absolute atomic E-state index is 0.401. The highest BCUT2D eigenvalue weighted by Gasteiger charge is 2.13. The maximum Gasteiger partial charge on any atom is 0.417 e. The third-order valence-corrected chi connectivity index (χ3v) is 4.07. The molecule has 2 heterocycles. The molecule has 3 aromatic rings. The average molecular weight is 358 g/mol. The van der Waals surface area contributed by atoms with Crippen LogP contribution in [0.3, 0.4) is 0 Å². The fraction of sp³-hybridized carbons (Fsp3) is 0.176. The fourth-order valence-corrected chi connectivity index (χ4v) is 2.85. The van der Waals surface area contributed by atoms with Crippen LogP contribution in [0.15, 0.2) is 47.3 Å². The highest BCUT2D eigenvalue weighted by molar-refractivity contribution is 7.08. The van der Waals surface area contributed by atoms with Gasteiger partial charge in [-0.05, 0) is 35.7 Å². The topological polar surface area (TPSA) is 91.4 Å². The summed E-state index contributed by atoms with van der Waals surface area (Å²) in [5.74, 6) is 1.18. The number of hydrogen-bond donors (Lipinski definition) is 2. The average Bonchev–Trinajstić information content (AvgIpc) is 3.25. The summed E-state index contributed by atoms with van der Waals surface area (Å²) >= 11 is 1.46. The van der Waals surface area contributed by atoms with Gasteiger partial charge in [-0.3, -0.25) is 10.00 Å². The number of nitrogens with one attached hydrogen (secondary N) is 1. The van der Waals surface area contributed by atoms with Gasteiger partial charge in [0.15, 0.2) is 0 Å². The Balaban J connectivity index is 1.83.